The molecule has 0 aliphatic carbocycles. The van der Waals surface area contributed by atoms with Gasteiger partial charge in [-0.1, -0.05) is 42.3 Å². The molecule has 8 fully saturated rings. The fourth-order valence-corrected chi connectivity index (χ4v) is 21.2. The number of alkyl carbamates (subject to hydrolysis) is 1. The number of likely N-dealkylation sites (tertiary alicyclic amines) is 4. The van der Waals surface area contributed by atoms with E-state index in [-0.39, 0.29) is 137 Å². The number of methoxy groups -OCH3 is 2. The fourth-order valence-electron chi connectivity index (χ4n) is 13.7. The molecular weight excluding hydrogens is 1390 g/mol. The van der Waals surface area contributed by atoms with Gasteiger partial charge in [0.25, 0.3) is 0 Å². The largest absolute Gasteiger partial charge is 0.495 e. The van der Waals surface area contributed by atoms with E-state index in [1.54, 1.807) is 38.1 Å². The van der Waals surface area contributed by atoms with Crippen LogP contribution in [-0.4, -0.2) is 271 Å². The number of amides is 10. The second-order valence-electron chi connectivity index (χ2n) is 26.0. The maximum absolute atomic E-state index is 14.4. The molecule has 98 heavy (non-hydrogen) atoms. The standard InChI is InChI=1S/C65H84ClN7O20S5/c1-34-11-9-13-45(88-8)65(86)29-43(91-63(85)67-65)35(2)56-64(4,93-56)46(28-49(77)69(6)41-24-37(23-34)25-42(87-7)51(41)66)92-62(84)36(3)68(5)47(75)16-22-94-44-27-50(78)71(57(44)79)17-19-90-21-20-89-18-10-12-40(74)14-15-48(76)70-30-38(72-58(80)52-53(59(72)81)96-32-95-52)26-39(31-70)73-60(82)54-55(61(73)83)98-33-97-54/h9,11,13,24-25,35-36,38-39,43-46,52-56,86H,10,12,14-23,26-33H2,1-8H3,(H,67,85)/b13-9+,34-11+/t35-,36+,38-,39+,43+,44?,45-,46+,52?,53?,54?,55?,56+,64+,65+/m1/s1. The molecule has 5 unspecified atom stereocenters. The quantitative estimate of drug-likeness (QED) is 0.0640. The summed E-state index contributed by atoms with van der Waals surface area (Å²) in [7, 11) is 5.82. The molecule has 0 radical (unpaired) electrons. The number of allylic oxidation sites excluding steroid dienone is 3. The van der Waals surface area contributed by atoms with Crippen LogP contribution in [0.4, 0.5) is 10.5 Å². The first kappa shape index (κ1) is 75.2. The van der Waals surface area contributed by atoms with Crippen LogP contribution in [-0.2, 0) is 87.6 Å². The third-order valence-electron chi connectivity index (χ3n) is 19.5. The number of hydrogen-bond acceptors (Lipinski definition) is 25. The van der Waals surface area contributed by atoms with E-state index in [1.165, 1.54) is 107 Å². The highest BCUT2D eigenvalue weighted by atomic mass is 35.5. The van der Waals surface area contributed by atoms with E-state index in [0.29, 0.717) is 34.4 Å². The van der Waals surface area contributed by atoms with Crippen molar-refractivity contribution in [3.8, 4) is 5.75 Å². The first-order valence-electron chi connectivity index (χ1n) is 32.6. The number of carbonyl (C=O) groups excluding carboxylic acids is 12. The van der Waals surface area contributed by atoms with Gasteiger partial charge < -0.3 is 53.0 Å². The van der Waals surface area contributed by atoms with Gasteiger partial charge in [0.1, 0.15) is 67.5 Å². The summed E-state index contributed by atoms with van der Waals surface area (Å²) in [6.07, 6.45) is 0.456. The summed E-state index contributed by atoms with van der Waals surface area (Å²) in [5.74, 6) is -4.64. The predicted molar refractivity (Wildman–Crippen MR) is 366 cm³/mol. The van der Waals surface area contributed by atoms with Crippen LogP contribution in [0.15, 0.2) is 35.9 Å². The number of halogens is 1. The number of anilines is 1. The number of piperidine rings is 1. The van der Waals surface area contributed by atoms with Crippen molar-refractivity contribution in [2.24, 2.45) is 5.92 Å². The van der Waals surface area contributed by atoms with Crippen molar-refractivity contribution in [3.05, 3.63) is 46.5 Å². The molecule has 33 heteroatoms. The Kier molecular flexibility index (Phi) is 24.8. The summed E-state index contributed by atoms with van der Waals surface area (Å²) >= 11 is 13.6. The Balaban J connectivity index is 0.644. The summed E-state index contributed by atoms with van der Waals surface area (Å²) in [5, 5.41) is 13.0. The number of benzene rings is 1. The van der Waals surface area contributed by atoms with E-state index in [1.807, 2.05) is 13.0 Å². The molecule has 9 aliphatic rings. The molecule has 1 aromatic carbocycles. The van der Waals surface area contributed by atoms with Gasteiger partial charge in [-0.05, 0) is 57.7 Å². The van der Waals surface area contributed by atoms with Crippen LogP contribution in [0.1, 0.15) is 91.0 Å². The smallest absolute Gasteiger partial charge is 0.409 e. The minimum atomic E-state index is -1.90. The number of epoxide rings is 1. The van der Waals surface area contributed by atoms with Gasteiger partial charge in [-0.3, -0.25) is 68.0 Å². The Bertz CT molecular complexity index is 3290. The number of imide groups is 3. The lowest BCUT2D eigenvalue weighted by atomic mass is 9.83. The van der Waals surface area contributed by atoms with Crippen LogP contribution in [0.5, 0.6) is 5.75 Å². The zero-order chi connectivity index (χ0) is 70.7. The second-order valence-corrected chi connectivity index (χ2v) is 32.9. The Morgan fingerprint density at radius 1 is 0.837 bits per heavy atom. The highest BCUT2D eigenvalue weighted by Crippen LogP contribution is 2.50. The normalized spacial score (nSPS) is 32.3. The molecule has 536 valence electrons. The summed E-state index contributed by atoms with van der Waals surface area (Å²) in [5.41, 5.74) is -1.29. The van der Waals surface area contributed by atoms with E-state index in [4.69, 9.17) is 44.8 Å². The number of nitrogens with one attached hydrogen (secondary N) is 1. The number of Topliss-reactive ketones (excluding diaryl/α,β-unsaturated/α-hetero) is 1. The fraction of sp³-hybridized carbons (Fsp3) is 0.662. The average Bonchev–Trinajstić information content (AvgIpc) is 1.57. The van der Waals surface area contributed by atoms with Crippen LogP contribution in [0.3, 0.4) is 0 Å². The maximum atomic E-state index is 14.4. The zero-order valence-electron chi connectivity index (χ0n) is 55.8. The van der Waals surface area contributed by atoms with Crippen LogP contribution < -0.4 is 15.0 Å². The molecule has 0 aromatic heterocycles. The Hall–Kier alpha value is -5.42. The summed E-state index contributed by atoms with van der Waals surface area (Å²) in [6, 6.07) is 0.882. The van der Waals surface area contributed by atoms with Crippen LogP contribution in [0, 0.1) is 5.92 Å². The van der Waals surface area contributed by atoms with E-state index in [9.17, 15) is 62.6 Å². The first-order valence-corrected chi connectivity index (χ1v) is 38.3. The molecule has 10 rings (SSSR count). The van der Waals surface area contributed by atoms with Gasteiger partial charge >= 0.3 is 12.1 Å². The predicted octanol–water partition coefficient (Wildman–Crippen LogP) is 3.98. The van der Waals surface area contributed by atoms with Gasteiger partial charge in [0.15, 0.2) is 5.72 Å². The van der Waals surface area contributed by atoms with Gasteiger partial charge in [0.2, 0.25) is 53.2 Å². The minimum Gasteiger partial charge on any atom is -0.495 e. The number of fused-ring (bicyclic) bond motifs is 7. The number of hydrogen-bond donors (Lipinski definition) is 2. The number of ketones is 1. The first-order chi connectivity index (χ1) is 46.7. The third kappa shape index (κ3) is 16.4. The highest BCUT2D eigenvalue weighted by molar-refractivity contribution is 8.21. The topological polar surface area (TPSA) is 324 Å². The molecule has 2 N–H and O–H groups in total. The Morgan fingerprint density at radius 3 is 2.07 bits per heavy atom. The van der Waals surface area contributed by atoms with Gasteiger partial charge in [-0.15, -0.1) is 58.8 Å². The molecular formula is C65H84ClN7O20S5. The number of likely N-dealkylation sites (N-methyl/N-ethyl adjacent to an activating group) is 1. The molecule has 8 saturated heterocycles. The van der Waals surface area contributed by atoms with Gasteiger partial charge in [0, 0.05) is 101 Å². The molecule has 0 saturated carbocycles. The lowest BCUT2D eigenvalue weighted by molar-refractivity contribution is -0.162. The van der Waals surface area contributed by atoms with Crippen molar-refractivity contribution in [1.29, 1.82) is 0 Å². The highest BCUT2D eigenvalue weighted by Gasteiger charge is 2.65. The van der Waals surface area contributed by atoms with E-state index in [2.05, 4.69) is 5.32 Å². The van der Waals surface area contributed by atoms with Crippen molar-refractivity contribution in [3.63, 3.8) is 0 Å². The molecule has 27 nitrogen and oxygen atoms in total. The molecule has 0 spiro atoms. The maximum Gasteiger partial charge on any atom is 0.409 e. The van der Waals surface area contributed by atoms with Crippen LogP contribution in [0.2, 0.25) is 5.02 Å². The van der Waals surface area contributed by atoms with Gasteiger partial charge in [0.05, 0.1) is 69.0 Å². The van der Waals surface area contributed by atoms with Gasteiger partial charge in [-0.2, -0.15) is 0 Å². The molecule has 4 bridgehead atoms. The number of thioether (sulfide) groups is 5. The molecule has 10 amide bonds. The van der Waals surface area contributed by atoms with Crippen molar-refractivity contribution >= 4 is 147 Å². The molecule has 1 aromatic rings. The molecule has 15 atom stereocenters. The third-order valence-corrected chi connectivity index (χ3v) is 27.0. The summed E-state index contributed by atoms with van der Waals surface area (Å²) < 4.78 is 40.8. The number of nitrogens with zero attached hydrogens (tertiary/aromatic N) is 6. The van der Waals surface area contributed by atoms with E-state index < -0.39 is 128 Å². The van der Waals surface area contributed by atoms with Crippen molar-refractivity contribution < 1.29 is 95.8 Å². The van der Waals surface area contributed by atoms with Crippen molar-refractivity contribution in [1.82, 2.24) is 29.8 Å². The monoisotopic (exact) mass is 1480 g/mol. The zero-order valence-corrected chi connectivity index (χ0v) is 60.7. The lowest BCUT2D eigenvalue weighted by Gasteiger charge is -2.43. The van der Waals surface area contributed by atoms with Gasteiger partial charge in [-0.25, -0.2) is 9.59 Å². The van der Waals surface area contributed by atoms with Crippen molar-refractivity contribution in [2.75, 3.05) is 95.2 Å². The number of ether oxygens (including phenoxy) is 7. The second kappa shape index (κ2) is 32.3. The lowest BCUT2D eigenvalue weighted by Crippen LogP contribution is -2.63. The number of esters is 1. The molecule has 9 aliphatic heterocycles. The van der Waals surface area contributed by atoms with Crippen LogP contribution >= 0.6 is 70.4 Å². The van der Waals surface area contributed by atoms with Crippen LogP contribution in [0.25, 0.3) is 0 Å². The van der Waals surface area contributed by atoms with E-state index >= 15 is 0 Å². The summed E-state index contributed by atoms with van der Waals surface area (Å²) in [6.45, 7) is 7.42. The number of carbonyl (C=O) groups is 12. The number of aliphatic hydroxyl groups is 1. The van der Waals surface area contributed by atoms with E-state index in [0.717, 1.165) is 27.8 Å². The minimum absolute atomic E-state index is 0.00910. The average molecular weight is 1480 g/mol. The Morgan fingerprint density at radius 2 is 1.46 bits per heavy atom. The SMILES string of the molecule is COc1cc2cc(c1Cl)N(C)C(=O)C[C@H](OC(=O)[C@H](C)N(C)C(=O)CCSC1CC(=O)N(CCOCCOCCCC(=O)CCC(=O)N3C[C@H](N4C(=O)C5SCSC5C4=O)C[C@H](N4C(=O)C5SCSC5C4=O)C3)C1=O)[C@]1(C)O[C@H]1[C@H](C)[C@@H]1C[C@@](O)(NC(=O)O1)[C@H](OC)/C=C/C=C(\C)C2. The van der Waals surface area contributed by atoms with Crippen molar-refractivity contribution in [2.45, 2.75) is 172 Å². The molecule has 9 heterocycles. The number of rotatable bonds is 24. The summed E-state index contributed by atoms with van der Waals surface area (Å²) in [4.78, 5) is 170. The Labute approximate surface area is 594 Å².